The minimum absolute atomic E-state index is 0.0782. The highest BCUT2D eigenvalue weighted by molar-refractivity contribution is 5.95. The lowest BCUT2D eigenvalue weighted by molar-refractivity contribution is 0.0520. The number of nitrogens with zero attached hydrogens (tertiary/aromatic N) is 1. The van der Waals surface area contributed by atoms with Crippen molar-refractivity contribution in [2.75, 3.05) is 6.61 Å². The number of carbonyl (C=O) groups excluding carboxylic acids is 1. The molecule has 1 aromatic carbocycles. The van der Waals surface area contributed by atoms with Crippen molar-refractivity contribution in [3.8, 4) is 0 Å². The highest BCUT2D eigenvalue weighted by Crippen LogP contribution is 2.22. The van der Waals surface area contributed by atoms with Gasteiger partial charge in [0.15, 0.2) is 0 Å². The Hall–Kier alpha value is -1.97. The number of esters is 1. The molecular formula is C13H12FNO2. The van der Waals surface area contributed by atoms with Crippen LogP contribution in [0, 0.1) is 12.7 Å². The van der Waals surface area contributed by atoms with Crippen LogP contribution in [0.4, 0.5) is 4.39 Å². The normalized spacial score (nSPS) is 10.5. The van der Waals surface area contributed by atoms with Crippen LogP contribution in [0.2, 0.25) is 0 Å². The van der Waals surface area contributed by atoms with E-state index in [0.29, 0.717) is 16.6 Å². The molecule has 88 valence electrons. The number of aryl methyl sites for hydroxylation is 1. The number of benzene rings is 1. The highest BCUT2D eigenvalue weighted by Gasteiger charge is 2.19. The Morgan fingerprint density at radius 2 is 2.12 bits per heavy atom. The Bertz CT molecular complexity index is 581. The van der Waals surface area contributed by atoms with E-state index in [1.165, 1.54) is 0 Å². The maximum absolute atomic E-state index is 14.2. The van der Waals surface area contributed by atoms with Gasteiger partial charge in [-0.3, -0.25) is 4.98 Å². The molecule has 0 bridgehead atoms. The number of aromatic nitrogens is 1. The summed E-state index contributed by atoms with van der Waals surface area (Å²) in [5.74, 6) is -1.23. The average molecular weight is 233 g/mol. The zero-order chi connectivity index (χ0) is 12.4. The molecule has 4 heteroatoms. The van der Waals surface area contributed by atoms with Crippen LogP contribution in [-0.2, 0) is 4.74 Å². The minimum atomic E-state index is -0.666. The summed E-state index contributed by atoms with van der Waals surface area (Å²) >= 11 is 0. The molecule has 1 aromatic heterocycles. The summed E-state index contributed by atoms with van der Waals surface area (Å²) in [4.78, 5) is 15.8. The third kappa shape index (κ3) is 1.98. The molecule has 0 unspecified atom stereocenters. The molecule has 0 N–H and O–H groups in total. The Kier molecular flexibility index (Phi) is 3.04. The molecule has 0 aliphatic carbocycles. The minimum Gasteiger partial charge on any atom is -0.462 e. The van der Waals surface area contributed by atoms with Gasteiger partial charge in [-0.25, -0.2) is 9.18 Å². The SMILES string of the molecule is CCOC(=O)c1c(C)nc2ccccc2c1F. The fourth-order valence-electron chi connectivity index (χ4n) is 1.73. The van der Waals surface area contributed by atoms with E-state index in [0.717, 1.165) is 0 Å². The van der Waals surface area contributed by atoms with Crippen molar-refractivity contribution < 1.29 is 13.9 Å². The molecule has 2 rings (SSSR count). The number of ether oxygens (including phenoxy) is 1. The third-order valence-electron chi connectivity index (χ3n) is 2.49. The van der Waals surface area contributed by atoms with Crippen LogP contribution in [0.15, 0.2) is 24.3 Å². The Morgan fingerprint density at radius 1 is 1.41 bits per heavy atom. The Labute approximate surface area is 98.2 Å². The number of halogens is 1. The fraction of sp³-hybridized carbons (Fsp3) is 0.231. The van der Waals surface area contributed by atoms with Crippen molar-refractivity contribution in [1.29, 1.82) is 0 Å². The number of fused-ring (bicyclic) bond motifs is 1. The van der Waals surface area contributed by atoms with Crippen molar-refractivity contribution in [2.24, 2.45) is 0 Å². The van der Waals surface area contributed by atoms with Gasteiger partial charge < -0.3 is 4.74 Å². The second kappa shape index (κ2) is 4.49. The first kappa shape index (κ1) is 11.5. The number of hydrogen-bond acceptors (Lipinski definition) is 3. The largest absolute Gasteiger partial charge is 0.462 e. The fourth-order valence-corrected chi connectivity index (χ4v) is 1.73. The first-order valence-electron chi connectivity index (χ1n) is 5.37. The van der Waals surface area contributed by atoms with Gasteiger partial charge >= 0.3 is 5.97 Å². The van der Waals surface area contributed by atoms with Crippen LogP contribution >= 0.6 is 0 Å². The molecule has 0 saturated heterocycles. The van der Waals surface area contributed by atoms with Gasteiger partial charge in [0.25, 0.3) is 0 Å². The van der Waals surface area contributed by atoms with Gasteiger partial charge in [0.1, 0.15) is 11.4 Å². The van der Waals surface area contributed by atoms with E-state index in [1.807, 2.05) is 0 Å². The summed E-state index contributed by atoms with van der Waals surface area (Å²) in [6, 6.07) is 6.79. The molecule has 0 aliphatic heterocycles. The van der Waals surface area contributed by atoms with Crippen LogP contribution in [0.3, 0.4) is 0 Å². The van der Waals surface area contributed by atoms with Gasteiger partial charge in [-0.2, -0.15) is 0 Å². The maximum atomic E-state index is 14.2. The molecule has 0 fully saturated rings. The van der Waals surface area contributed by atoms with Crippen molar-refractivity contribution in [2.45, 2.75) is 13.8 Å². The van der Waals surface area contributed by atoms with Crippen LogP contribution in [0.1, 0.15) is 23.0 Å². The van der Waals surface area contributed by atoms with Crippen LogP contribution in [-0.4, -0.2) is 17.6 Å². The average Bonchev–Trinajstić information content (AvgIpc) is 2.29. The number of para-hydroxylation sites is 1. The van der Waals surface area contributed by atoms with Crippen molar-refractivity contribution in [3.05, 3.63) is 41.3 Å². The molecule has 17 heavy (non-hydrogen) atoms. The van der Waals surface area contributed by atoms with Gasteiger partial charge in [-0.05, 0) is 26.0 Å². The molecular weight excluding hydrogens is 221 g/mol. The zero-order valence-corrected chi connectivity index (χ0v) is 9.66. The van der Waals surface area contributed by atoms with E-state index >= 15 is 0 Å². The van der Waals surface area contributed by atoms with Crippen LogP contribution in [0.25, 0.3) is 10.9 Å². The van der Waals surface area contributed by atoms with E-state index < -0.39 is 11.8 Å². The quantitative estimate of drug-likeness (QED) is 0.749. The summed E-state index contributed by atoms with van der Waals surface area (Å²) in [6.45, 7) is 3.49. The molecule has 1 heterocycles. The monoisotopic (exact) mass is 233 g/mol. The number of rotatable bonds is 2. The number of carbonyl (C=O) groups is 1. The maximum Gasteiger partial charge on any atom is 0.343 e. The topological polar surface area (TPSA) is 39.2 Å². The van der Waals surface area contributed by atoms with Gasteiger partial charge in [0.2, 0.25) is 0 Å². The van der Waals surface area contributed by atoms with Gasteiger partial charge in [-0.15, -0.1) is 0 Å². The van der Waals surface area contributed by atoms with Gasteiger partial charge in [0.05, 0.1) is 17.8 Å². The number of hydrogen-bond donors (Lipinski definition) is 0. The molecule has 0 radical (unpaired) electrons. The summed E-state index contributed by atoms with van der Waals surface area (Å²) < 4.78 is 19.0. The summed E-state index contributed by atoms with van der Waals surface area (Å²) in [7, 11) is 0. The highest BCUT2D eigenvalue weighted by atomic mass is 19.1. The third-order valence-corrected chi connectivity index (χ3v) is 2.49. The Morgan fingerprint density at radius 3 is 2.82 bits per heavy atom. The van der Waals surface area contributed by atoms with Gasteiger partial charge in [0, 0.05) is 5.39 Å². The van der Waals surface area contributed by atoms with Crippen LogP contribution < -0.4 is 0 Å². The van der Waals surface area contributed by atoms with E-state index in [-0.39, 0.29) is 12.2 Å². The summed E-state index contributed by atoms with van der Waals surface area (Å²) in [5, 5.41) is 0.334. The second-order valence-corrected chi connectivity index (χ2v) is 3.62. The van der Waals surface area contributed by atoms with Crippen LogP contribution in [0.5, 0.6) is 0 Å². The molecule has 0 saturated carbocycles. The standard InChI is InChI=1S/C13H12FNO2/c1-3-17-13(16)11-8(2)15-10-7-5-4-6-9(10)12(11)14/h4-7H,3H2,1-2H3. The number of pyridine rings is 1. The first-order chi connectivity index (χ1) is 8.15. The van der Waals surface area contributed by atoms with E-state index in [1.54, 1.807) is 38.1 Å². The lowest BCUT2D eigenvalue weighted by atomic mass is 10.1. The predicted octanol–water partition coefficient (Wildman–Crippen LogP) is 2.86. The van der Waals surface area contributed by atoms with Crippen molar-refractivity contribution in [3.63, 3.8) is 0 Å². The predicted molar refractivity (Wildman–Crippen MR) is 62.4 cm³/mol. The van der Waals surface area contributed by atoms with E-state index in [4.69, 9.17) is 4.74 Å². The second-order valence-electron chi connectivity index (χ2n) is 3.62. The van der Waals surface area contributed by atoms with E-state index in [2.05, 4.69) is 4.98 Å². The lowest BCUT2D eigenvalue weighted by Gasteiger charge is -2.08. The lowest BCUT2D eigenvalue weighted by Crippen LogP contribution is -2.11. The first-order valence-corrected chi connectivity index (χ1v) is 5.37. The smallest absolute Gasteiger partial charge is 0.343 e. The Balaban J connectivity index is 2.67. The molecule has 3 nitrogen and oxygen atoms in total. The van der Waals surface area contributed by atoms with Crippen molar-refractivity contribution in [1.82, 2.24) is 4.98 Å². The molecule has 0 aliphatic rings. The van der Waals surface area contributed by atoms with Crippen molar-refractivity contribution >= 4 is 16.9 Å². The zero-order valence-electron chi connectivity index (χ0n) is 9.66. The van der Waals surface area contributed by atoms with E-state index in [9.17, 15) is 9.18 Å². The summed E-state index contributed by atoms with van der Waals surface area (Å²) in [5.41, 5.74) is 0.806. The molecule has 0 spiro atoms. The molecule has 0 atom stereocenters. The molecule has 2 aromatic rings. The molecule has 0 amide bonds. The van der Waals surface area contributed by atoms with Gasteiger partial charge in [-0.1, -0.05) is 12.1 Å². The summed E-state index contributed by atoms with van der Waals surface area (Å²) in [6.07, 6.45) is 0.